The summed E-state index contributed by atoms with van der Waals surface area (Å²) in [6, 6.07) is 8.04. The number of benzene rings is 2. The Labute approximate surface area is 192 Å². The van der Waals surface area contributed by atoms with E-state index in [1.807, 2.05) is 0 Å². The van der Waals surface area contributed by atoms with Gasteiger partial charge in [0.1, 0.15) is 17.7 Å². The number of halogens is 5. The average Bonchev–Trinajstić information content (AvgIpc) is 2.78. The quantitative estimate of drug-likeness (QED) is 0.580. The van der Waals surface area contributed by atoms with Crippen LogP contribution in [-0.2, 0) is 27.0 Å². The number of ether oxygens (including phenoxy) is 2. The van der Waals surface area contributed by atoms with Crippen LogP contribution in [0.1, 0.15) is 24.0 Å². The summed E-state index contributed by atoms with van der Waals surface area (Å²) >= 11 is 5.59. The Morgan fingerprint density at radius 3 is 2.45 bits per heavy atom. The van der Waals surface area contributed by atoms with Crippen LogP contribution < -0.4 is 15.4 Å². The van der Waals surface area contributed by atoms with E-state index in [2.05, 4.69) is 10.6 Å². The van der Waals surface area contributed by atoms with Crippen molar-refractivity contribution < 1.29 is 36.6 Å². The predicted octanol–water partition coefficient (Wildman–Crippen LogP) is 3.86. The minimum Gasteiger partial charge on any atom is -0.484 e. The van der Waals surface area contributed by atoms with Gasteiger partial charge in [0, 0.05) is 12.6 Å². The molecule has 178 valence electrons. The molecule has 0 aliphatic carbocycles. The monoisotopic (exact) mass is 488 g/mol. The van der Waals surface area contributed by atoms with Gasteiger partial charge >= 0.3 is 6.18 Å². The molecule has 6 nitrogen and oxygen atoms in total. The molecule has 33 heavy (non-hydrogen) atoms. The van der Waals surface area contributed by atoms with Crippen molar-refractivity contribution in [3.63, 3.8) is 0 Å². The average molecular weight is 489 g/mol. The standard InChI is InChI=1S/C22H21ClF4N2O4/c23-17-7-6-16(9-18(17)24)32-12-20(30)29-15-5-8-19(33-11-15)21(31)28-10-13-1-3-14(4-2-13)22(25,26)27/h1-4,6-7,9,15,19H,5,8,10-12H2,(H,28,31)(H,29,30)/t15-,19-/m1/s1. The lowest BCUT2D eigenvalue weighted by Crippen LogP contribution is -2.48. The Hall–Kier alpha value is -2.85. The number of hydrogen-bond donors (Lipinski definition) is 2. The van der Waals surface area contributed by atoms with Crippen molar-refractivity contribution in [3.8, 4) is 5.75 Å². The van der Waals surface area contributed by atoms with Gasteiger partial charge in [-0.05, 0) is 42.7 Å². The lowest BCUT2D eigenvalue weighted by Gasteiger charge is -2.28. The van der Waals surface area contributed by atoms with E-state index < -0.39 is 29.6 Å². The van der Waals surface area contributed by atoms with Crippen LogP contribution in [0, 0.1) is 5.82 Å². The van der Waals surface area contributed by atoms with Gasteiger partial charge in [0.05, 0.1) is 23.2 Å². The molecule has 2 atom stereocenters. The SMILES string of the molecule is O=C(COc1ccc(Cl)c(F)c1)N[C@@H]1CC[C@H](C(=O)NCc2ccc(C(F)(F)F)cc2)OC1. The molecule has 0 radical (unpaired) electrons. The molecule has 2 aromatic rings. The van der Waals surface area contributed by atoms with Gasteiger partial charge in [-0.15, -0.1) is 0 Å². The zero-order chi connectivity index (χ0) is 24.0. The summed E-state index contributed by atoms with van der Waals surface area (Å²) in [4.78, 5) is 24.3. The number of rotatable bonds is 7. The molecule has 1 heterocycles. The molecule has 0 aromatic heterocycles. The Morgan fingerprint density at radius 1 is 1.12 bits per heavy atom. The number of carbonyl (C=O) groups excluding carboxylic acids is 2. The van der Waals surface area contributed by atoms with Crippen LogP contribution in [-0.4, -0.2) is 37.2 Å². The molecule has 0 saturated carbocycles. The summed E-state index contributed by atoms with van der Waals surface area (Å²) in [5.74, 6) is -1.30. The molecular weight excluding hydrogens is 468 g/mol. The molecule has 0 spiro atoms. The summed E-state index contributed by atoms with van der Waals surface area (Å²) in [5.41, 5.74) is -0.232. The normalized spacial score (nSPS) is 18.5. The molecule has 2 N–H and O–H groups in total. The summed E-state index contributed by atoms with van der Waals surface area (Å²) in [7, 11) is 0. The van der Waals surface area contributed by atoms with Gasteiger partial charge in [-0.3, -0.25) is 9.59 Å². The predicted molar refractivity (Wildman–Crippen MR) is 111 cm³/mol. The van der Waals surface area contributed by atoms with Crippen molar-refractivity contribution in [1.82, 2.24) is 10.6 Å². The molecule has 0 unspecified atom stereocenters. The summed E-state index contributed by atoms with van der Waals surface area (Å²) in [6.45, 7) is -0.145. The van der Waals surface area contributed by atoms with Gasteiger partial charge in [0.25, 0.3) is 5.91 Å². The molecular formula is C22H21ClF4N2O4. The van der Waals surface area contributed by atoms with Crippen molar-refractivity contribution in [2.45, 2.75) is 37.7 Å². The first-order valence-electron chi connectivity index (χ1n) is 10.0. The van der Waals surface area contributed by atoms with Gasteiger partial charge < -0.3 is 20.1 Å². The topological polar surface area (TPSA) is 76.7 Å². The third-order valence-electron chi connectivity index (χ3n) is 4.94. The van der Waals surface area contributed by atoms with E-state index in [0.717, 1.165) is 18.2 Å². The lowest BCUT2D eigenvalue weighted by atomic mass is 10.0. The van der Waals surface area contributed by atoms with Gasteiger partial charge in [-0.1, -0.05) is 23.7 Å². The van der Waals surface area contributed by atoms with Crippen molar-refractivity contribution >= 4 is 23.4 Å². The summed E-state index contributed by atoms with van der Waals surface area (Å²) in [6.07, 6.45) is -4.29. The largest absolute Gasteiger partial charge is 0.484 e. The van der Waals surface area contributed by atoms with E-state index in [1.165, 1.54) is 24.3 Å². The second-order valence-electron chi connectivity index (χ2n) is 7.44. The number of nitrogens with one attached hydrogen (secondary N) is 2. The van der Waals surface area contributed by atoms with E-state index in [-0.39, 0.29) is 42.5 Å². The first kappa shape index (κ1) is 24.8. The fraction of sp³-hybridized carbons (Fsp3) is 0.364. The number of carbonyl (C=O) groups is 2. The zero-order valence-electron chi connectivity index (χ0n) is 17.3. The fourth-order valence-corrected chi connectivity index (χ4v) is 3.29. The Kier molecular flexibility index (Phi) is 8.15. The van der Waals surface area contributed by atoms with Crippen molar-refractivity contribution in [2.24, 2.45) is 0 Å². The van der Waals surface area contributed by atoms with Crippen LogP contribution in [0.25, 0.3) is 0 Å². The van der Waals surface area contributed by atoms with Crippen molar-refractivity contribution in [3.05, 3.63) is 64.4 Å². The highest BCUT2D eigenvalue weighted by Gasteiger charge is 2.30. The second kappa shape index (κ2) is 10.8. The third kappa shape index (κ3) is 7.33. The van der Waals surface area contributed by atoms with Gasteiger partial charge in [-0.25, -0.2) is 4.39 Å². The molecule has 1 aliphatic heterocycles. The van der Waals surface area contributed by atoms with Gasteiger partial charge in [-0.2, -0.15) is 13.2 Å². The maximum absolute atomic E-state index is 13.4. The highest BCUT2D eigenvalue weighted by Crippen LogP contribution is 2.29. The number of hydrogen-bond acceptors (Lipinski definition) is 4. The van der Waals surface area contributed by atoms with E-state index in [1.54, 1.807) is 0 Å². The van der Waals surface area contributed by atoms with Crippen LogP contribution >= 0.6 is 11.6 Å². The first-order chi connectivity index (χ1) is 15.6. The smallest absolute Gasteiger partial charge is 0.416 e. The molecule has 1 fully saturated rings. The minimum atomic E-state index is -4.41. The molecule has 2 aromatic carbocycles. The van der Waals surface area contributed by atoms with Crippen LogP contribution in [0.2, 0.25) is 5.02 Å². The van der Waals surface area contributed by atoms with E-state index in [9.17, 15) is 27.2 Å². The lowest BCUT2D eigenvalue weighted by molar-refractivity contribution is -0.138. The van der Waals surface area contributed by atoms with Crippen LogP contribution in [0.5, 0.6) is 5.75 Å². The first-order valence-corrected chi connectivity index (χ1v) is 10.4. The molecule has 3 rings (SSSR count). The number of alkyl halides is 3. The van der Waals surface area contributed by atoms with Crippen molar-refractivity contribution in [2.75, 3.05) is 13.2 Å². The summed E-state index contributed by atoms with van der Waals surface area (Å²) in [5, 5.41) is 5.30. The van der Waals surface area contributed by atoms with Crippen LogP contribution in [0.3, 0.4) is 0 Å². The van der Waals surface area contributed by atoms with Crippen molar-refractivity contribution in [1.29, 1.82) is 0 Å². The van der Waals surface area contributed by atoms with E-state index in [0.29, 0.717) is 18.4 Å². The fourth-order valence-electron chi connectivity index (χ4n) is 3.17. The van der Waals surface area contributed by atoms with Crippen LogP contribution in [0.4, 0.5) is 17.6 Å². The Balaban J connectivity index is 1.36. The van der Waals surface area contributed by atoms with E-state index >= 15 is 0 Å². The zero-order valence-corrected chi connectivity index (χ0v) is 18.0. The van der Waals surface area contributed by atoms with Gasteiger partial charge in [0.2, 0.25) is 5.91 Å². The molecule has 1 aliphatic rings. The van der Waals surface area contributed by atoms with E-state index in [4.69, 9.17) is 21.1 Å². The maximum atomic E-state index is 13.4. The highest BCUT2D eigenvalue weighted by molar-refractivity contribution is 6.30. The van der Waals surface area contributed by atoms with Gasteiger partial charge in [0.15, 0.2) is 6.61 Å². The second-order valence-corrected chi connectivity index (χ2v) is 7.85. The number of amides is 2. The summed E-state index contributed by atoms with van der Waals surface area (Å²) < 4.78 is 61.9. The van der Waals surface area contributed by atoms with Crippen LogP contribution in [0.15, 0.2) is 42.5 Å². The molecule has 11 heteroatoms. The molecule has 0 bridgehead atoms. The molecule has 2 amide bonds. The maximum Gasteiger partial charge on any atom is 0.416 e. The minimum absolute atomic E-state index is 0.0518. The highest BCUT2D eigenvalue weighted by atomic mass is 35.5. The molecule has 1 saturated heterocycles. The Bertz CT molecular complexity index is 977. The Morgan fingerprint density at radius 2 is 1.85 bits per heavy atom. The third-order valence-corrected chi connectivity index (χ3v) is 5.25.